The molecule has 0 amide bonds. The molecule has 112 valence electrons. The van der Waals surface area contributed by atoms with E-state index in [9.17, 15) is 0 Å². The Morgan fingerprint density at radius 2 is 2.14 bits per heavy atom. The van der Waals surface area contributed by atoms with Crippen molar-refractivity contribution in [3.63, 3.8) is 0 Å². The summed E-state index contributed by atoms with van der Waals surface area (Å²) in [5.41, 5.74) is 2.18. The van der Waals surface area contributed by atoms with Crippen molar-refractivity contribution < 1.29 is 0 Å². The molecule has 2 aromatic rings. The van der Waals surface area contributed by atoms with Gasteiger partial charge >= 0.3 is 0 Å². The van der Waals surface area contributed by atoms with Crippen molar-refractivity contribution in [1.82, 2.24) is 15.2 Å². The molecule has 1 N–H and O–H groups in total. The van der Waals surface area contributed by atoms with Gasteiger partial charge in [0.25, 0.3) is 0 Å². The summed E-state index contributed by atoms with van der Waals surface area (Å²) in [5.74, 6) is 0. The second kappa shape index (κ2) is 6.88. The van der Waals surface area contributed by atoms with E-state index >= 15 is 0 Å². The molecule has 5 heteroatoms. The molecule has 3 rings (SSSR count). The molecule has 3 nitrogen and oxygen atoms in total. The van der Waals surface area contributed by atoms with Gasteiger partial charge in [0.15, 0.2) is 0 Å². The lowest BCUT2D eigenvalue weighted by atomic mass is 10.1. The average Bonchev–Trinajstić information content (AvgIpc) is 2.73. The third-order valence-electron chi connectivity index (χ3n) is 3.79. The fourth-order valence-corrected chi connectivity index (χ4v) is 4.04. The molecule has 21 heavy (non-hydrogen) atoms. The van der Waals surface area contributed by atoms with E-state index in [1.807, 2.05) is 19.1 Å². The number of nitrogens with zero attached hydrogens (tertiary/aromatic N) is 2. The lowest BCUT2D eigenvalue weighted by Crippen LogP contribution is -2.33. The normalized spacial score (nSPS) is 18.4. The number of hydrogen-bond donors (Lipinski definition) is 1. The number of hydrogen-bond acceptors (Lipinski definition) is 4. The van der Waals surface area contributed by atoms with Gasteiger partial charge in [-0.1, -0.05) is 17.7 Å². The summed E-state index contributed by atoms with van der Waals surface area (Å²) in [4.78, 5) is 8.56. The summed E-state index contributed by atoms with van der Waals surface area (Å²) in [6, 6.07) is 10.6. The molecule has 2 aromatic heterocycles. The van der Waals surface area contributed by atoms with E-state index in [-0.39, 0.29) is 6.04 Å². The standard InChI is InChI=1S/C16H20ClN3S/c1-12-4-2-5-13(19-12)16(14-6-7-15(17)21-14)20-10-3-8-18-9-11-20/h2,4-7,16,18H,3,8-11H2,1H3. The molecule has 1 fully saturated rings. The van der Waals surface area contributed by atoms with Crippen LogP contribution >= 0.6 is 22.9 Å². The SMILES string of the molecule is Cc1cccc(C(c2ccc(Cl)s2)N2CCCNCC2)n1. The smallest absolute Gasteiger partial charge is 0.0931 e. The van der Waals surface area contributed by atoms with Gasteiger partial charge in [-0.2, -0.15) is 0 Å². The van der Waals surface area contributed by atoms with E-state index in [4.69, 9.17) is 16.6 Å². The van der Waals surface area contributed by atoms with Gasteiger partial charge in [-0.05, 0) is 44.2 Å². The van der Waals surface area contributed by atoms with Crippen LogP contribution in [0.1, 0.15) is 28.7 Å². The van der Waals surface area contributed by atoms with Crippen LogP contribution in [0.25, 0.3) is 0 Å². The Morgan fingerprint density at radius 1 is 1.24 bits per heavy atom. The molecule has 1 aliphatic rings. The molecule has 0 saturated carbocycles. The summed E-state index contributed by atoms with van der Waals surface area (Å²) in [6.07, 6.45) is 1.17. The fourth-order valence-electron chi connectivity index (χ4n) is 2.83. The van der Waals surface area contributed by atoms with Gasteiger partial charge in [0, 0.05) is 30.2 Å². The summed E-state index contributed by atoms with van der Waals surface area (Å²) in [7, 11) is 0. The topological polar surface area (TPSA) is 28.2 Å². The molecule has 0 spiro atoms. The van der Waals surface area contributed by atoms with Gasteiger partial charge in [0.05, 0.1) is 16.1 Å². The van der Waals surface area contributed by atoms with Gasteiger partial charge in [0.1, 0.15) is 0 Å². The summed E-state index contributed by atoms with van der Waals surface area (Å²) in [5, 5.41) is 3.47. The highest BCUT2D eigenvalue weighted by Gasteiger charge is 2.25. The Balaban J connectivity index is 1.97. The van der Waals surface area contributed by atoms with Gasteiger partial charge < -0.3 is 5.32 Å². The highest BCUT2D eigenvalue weighted by Crippen LogP contribution is 2.34. The highest BCUT2D eigenvalue weighted by molar-refractivity contribution is 7.16. The maximum absolute atomic E-state index is 6.16. The third-order valence-corrected chi connectivity index (χ3v) is 5.08. The Hall–Kier alpha value is -0.940. The molecule has 3 heterocycles. The van der Waals surface area contributed by atoms with E-state index < -0.39 is 0 Å². The largest absolute Gasteiger partial charge is 0.315 e. The minimum Gasteiger partial charge on any atom is -0.315 e. The van der Waals surface area contributed by atoms with E-state index in [1.165, 1.54) is 11.3 Å². The molecular weight excluding hydrogens is 302 g/mol. The zero-order valence-corrected chi connectivity index (χ0v) is 13.8. The van der Waals surface area contributed by atoms with Crippen LogP contribution in [0.2, 0.25) is 4.34 Å². The Bertz CT molecular complexity index is 591. The number of aromatic nitrogens is 1. The monoisotopic (exact) mass is 321 g/mol. The van der Waals surface area contributed by atoms with Crippen LogP contribution in [0.5, 0.6) is 0 Å². The number of pyridine rings is 1. The second-order valence-corrected chi connectivity index (χ2v) is 7.13. The minimum atomic E-state index is 0.210. The van der Waals surface area contributed by atoms with E-state index in [2.05, 4.69) is 28.4 Å². The first-order valence-electron chi connectivity index (χ1n) is 7.37. The zero-order chi connectivity index (χ0) is 14.7. The van der Waals surface area contributed by atoms with Crippen LogP contribution in [0.3, 0.4) is 0 Å². The third kappa shape index (κ3) is 3.64. The number of thiophene rings is 1. The van der Waals surface area contributed by atoms with Crippen molar-refractivity contribution in [1.29, 1.82) is 0 Å². The lowest BCUT2D eigenvalue weighted by Gasteiger charge is -2.29. The van der Waals surface area contributed by atoms with Crippen LogP contribution < -0.4 is 5.32 Å². The van der Waals surface area contributed by atoms with E-state index in [0.29, 0.717) is 0 Å². The van der Waals surface area contributed by atoms with Crippen LogP contribution in [-0.2, 0) is 0 Å². The Morgan fingerprint density at radius 3 is 2.90 bits per heavy atom. The number of halogens is 1. The van der Waals surface area contributed by atoms with Crippen LogP contribution in [-0.4, -0.2) is 36.1 Å². The summed E-state index contributed by atoms with van der Waals surface area (Å²) in [6.45, 7) is 6.29. The maximum atomic E-state index is 6.16. The molecule has 0 bridgehead atoms. The van der Waals surface area contributed by atoms with Crippen molar-refractivity contribution in [2.45, 2.75) is 19.4 Å². The van der Waals surface area contributed by atoms with Crippen LogP contribution in [0, 0.1) is 6.92 Å². The van der Waals surface area contributed by atoms with Gasteiger partial charge in [-0.3, -0.25) is 9.88 Å². The van der Waals surface area contributed by atoms with Crippen molar-refractivity contribution in [3.05, 3.63) is 50.9 Å². The zero-order valence-electron chi connectivity index (χ0n) is 12.2. The molecule has 1 atom stereocenters. The van der Waals surface area contributed by atoms with Crippen molar-refractivity contribution in [2.75, 3.05) is 26.2 Å². The molecule has 0 aliphatic carbocycles. The van der Waals surface area contributed by atoms with Crippen LogP contribution in [0.15, 0.2) is 30.3 Å². The molecule has 0 radical (unpaired) electrons. The lowest BCUT2D eigenvalue weighted by molar-refractivity contribution is 0.240. The highest BCUT2D eigenvalue weighted by atomic mass is 35.5. The Kier molecular flexibility index (Phi) is 4.91. The van der Waals surface area contributed by atoms with Crippen molar-refractivity contribution >= 4 is 22.9 Å². The number of rotatable bonds is 3. The first kappa shape index (κ1) is 15.0. The quantitative estimate of drug-likeness (QED) is 0.938. The average molecular weight is 322 g/mol. The van der Waals surface area contributed by atoms with Gasteiger partial charge in [-0.15, -0.1) is 11.3 Å². The predicted molar refractivity (Wildman–Crippen MR) is 89.2 cm³/mol. The first-order valence-corrected chi connectivity index (χ1v) is 8.57. The molecular formula is C16H20ClN3S. The van der Waals surface area contributed by atoms with E-state index in [0.717, 1.165) is 41.9 Å². The summed E-state index contributed by atoms with van der Waals surface area (Å²) < 4.78 is 0.843. The van der Waals surface area contributed by atoms with Crippen LogP contribution in [0.4, 0.5) is 0 Å². The predicted octanol–water partition coefficient (Wildman–Crippen LogP) is 3.49. The minimum absolute atomic E-state index is 0.210. The fraction of sp³-hybridized carbons (Fsp3) is 0.438. The molecule has 1 aliphatic heterocycles. The van der Waals surface area contributed by atoms with Gasteiger partial charge in [0.2, 0.25) is 0 Å². The first-order chi connectivity index (χ1) is 10.2. The maximum Gasteiger partial charge on any atom is 0.0931 e. The van der Waals surface area contributed by atoms with E-state index in [1.54, 1.807) is 11.3 Å². The van der Waals surface area contributed by atoms with Crippen molar-refractivity contribution in [3.8, 4) is 0 Å². The number of nitrogens with one attached hydrogen (secondary N) is 1. The van der Waals surface area contributed by atoms with Gasteiger partial charge in [-0.25, -0.2) is 0 Å². The molecule has 0 aromatic carbocycles. The molecule has 1 unspecified atom stereocenters. The van der Waals surface area contributed by atoms with Crippen molar-refractivity contribution in [2.24, 2.45) is 0 Å². The second-order valence-electron chi connectivity index (χ2n) is 5.39. The Labute approximate surface area is 135 Å². The number of aryl methyl sites for hydroxylation is 1. The summed E-state index contributed by atoms with van der Waals surface area (Å²) >= 11 is 7.82. The molecule has 1 saturated heterocycles.